The van der Waals surface area contributed by atoms with E-state index in [0.717, 1.165) is 0 Å². The molecular formula is C7H6N2O2. The number of hydrogen-bond acceptors (Lipinski definition) is 2. The van der Waals surface area contributed by atoms with E-state index in [0.29, 0.717) is 5.69 Å². The molecule has 0 bridgehead atoms. The van der Waals surface area contributed by atoms with Crippen LogP contribution in [0.5, 0.6) is 0 Å². The minimum atomic E-state index is -0.186. The Hall–Kier alpha value is -1.58. The average Bonchev–Trinajstić information content (AvgIpc) is 2.45. The fraction of sp³-hybridized carbons (Fsp3) is 0.143. The molecular weight excluding hydrogens is 144 g/mol. The molecule has 0 fully saturated rings. The summed E-state index contributed by atoms with van der Waals surface area (Å²) in [7, 11) is 0. The minimum Gasteiger partial charge on any atom is -0.342 e. The van der Waals surface area contributed by atoms with Crippen LogP contribution in [0.1, 0.15) is 15.3 Å². The lowest BCUT2D eigenvalue weighted by Gasteiger charge is -2.13. The van der Waals surface area contributed by atoms with E-state index in [1.165, 1.54) is 4.57 Å². The second kappa shape index (κ2) is 1.95. The van der Waals surface area contributed by atoms with Crippen molar-refractivity contribution in [1.29, 1.82) is 0 Å². The first kappa shape index (κ1) is 6.15. The van der Waals surface area contributed by atoms with Crippen LogP contribution in [0.15, 0.2) is 18.3 Å². The highest BCUT2D eigenvalue weighted by atomic mass is 16.2. The molecule has 56 valence electrons. The van der Waals surface area contributed by atoms with Gasteiger partial charge in [0, 0.05) is 6.20 Å². The van der Waals surface area contributed by atoms with Crippen molar-refractivity contribution in [2.45, 2.75) is 0 Å². The normalized spacial score (nSPS) is 16.0. The smallest absolute Gasteiger partial charge is 0.268 e. The molecule has 4 nitrogen and oxygen atoms in total. The standard InChI is InChI=1S/C7H6N2O2/c10-6-4-8-7(11)5-2-1-3-9(5)6/h1-3H,4H2,(H,8,11). The van der Waals surface area contributed by atoms with Crippen molar-refractivity contribution >= 4 is 11.8 Å². The highest BCUT2D eigenvalue weighted by Crippen LogP contribution is 2.04. The van der Waals surface area contributed by atoms with Gasteiger partial charge >= 0.3 is 0 Å². The molecule has 2 heterocycles. The number of carbonyl (C=O) groups excluding carboxylic acids is 2. The molecule has 4 heteroatoms. The van der Waals surface area contributed by atoms with Crippen molar-refractivity contribution in [3.05, 3.63) is 24.0 Å². The Morgan fingerprint density at radius 1 is 1.45 bits per heavy atom. The molecule has 0 saturated heterocycles. The number of hydrogen-bond donors (Lipinski definition) is 1. The fourth-order valence-corrected chi connectivity index (χ4v) is 1.12. The molecule has 0 saturated carbocycles. The van der Waals surface area contributed by atoms with Gasteiger partial charge in [-0.2, -0.15) is 0 Å². The molecule has 1 aliphatic heterocycles. The third-order valence-corrected chi connectivity index (χ3v) is 1.65. The Bertz CT molecular complexity index is 296. The number of rotatable bonds is 0. The molecule has 0 radical (unpaired) electrons. The number of nitrogens with one attached hydrogen (secondary N) is 1. The van der Waals surface area contributed by atoms with E-state index in [9.17, 15) is 9.59 Å². The van der Waals surface area contributed by atoms with Gasteiger partial charge in [0.05, 0.1) is 6.54 Å². The van der Waals surface area contributed by atoms with Crippen LogP contribution >= 0.6 is 0 Å². The maximum atomic E-state index is 11.0. The van der Waals surface area contributed by atoms with E-state index in [1.54, 1.807) is 18.3 Å². The largest absolute Gasteiger partial charge is 0.342 e. The summed E-state index contributed by atoms with van der Waals surface area (Å²) in [5.74, 6) is -0.279. The van der Waals surface area contributed by atoms with Gasteiger partial charge in [-0.25, -0.2) is 0 Å². The number of aromatic nitrogens is 1. The van der Waals surface area contributed by atoms with E-state index in [2.05, 4.69) is 5.32 Å². The Labute approximate surface area is 62.8 Å². The lowest BCUT2D eigenvalue weighted by atomic mass is 10.3. The van der Waals surface area contributed by atoms with Crippen molar-refractivity contribution in [3.8, 4) is 0 Å². The van der Waals surface area contributed by atoms with Gasteiger partial charge in [0.2, 0.25) is 0 Å². The van der Waals surface area contributed by atoms with Gasteiger partial charge < -0.3 is 5.32 Å². The summed E-state index contributed by atoms with van der Waals surface area (Å²) >= 11 is 0. The monoisotopic (exact) mass is 150 g/mol. The van der Waals surface area contributed by atoms with Crippen LogP contribution in [0.25, 0.3) is 0 Å². The topological polar surface area (TPSA) is 51.1 Å². The molecule has 0 aromatic carbocycles. The van der Waals surface area contributed by atoms with Crippen LogP contribution in [-0.2, 0) is 0 Å². The number of carbonyl (C=O) groups is 2. The van der Waals surface area contributed by atoms with Crippen LogP contribution in [-0.4, -0.2) is 22.9 Å². The van der Waals surface area contributed by atoms with Crippen molar-refractivity contribution in [2.75, 3.05) is 6.54 Å². The van der Waals surface area contributed by atoms with Crippen molar-refractivity contribution < 1.29 is 9.59 Å². The molecule has 1 aliphatic rings. The zero-order valence-electron chi connectivity index (χ0n) is 5.70. The Morgan fingerprint density at radius 3 is 3.00 bits per heavy atom. The van der Waals surface area contributed by atoms with Crippen LogP contribution in [0.4, 0.5) is 0 Å². The maximum absolute atomic E-state index is 11.0. The van der Waals surface area contributed by atoms with Crippen LogP contribution in [0, 0.1) is 0 Å². The third-order valence-electron chi connectivity index (χ3n) is 1.65. The van der Waals surface area contributed by atoms with Crippen LogP contribution < -0.4 is 5.32 Å². The van der Waals surface area contributed by atoms with Gasteiger partial charge in [-0.15, -0.1) is 0 Å². The minimum absolute atomic E-state index is 0.0930. The third kappa shape index (κ3) is 0.756. The maximum Gasteiger partial charge on any atom is 0.268 e. The van der Waals surface area contributed by atoms with Gasteiger partial charge in [-0.1, -0.05) is 0 Å². The SMILES string of the molecule is O=C1NCC(=O)n2cccc21. The van der Waals surface area contributed by atoms with Crippen LogP contribution in [0.2, 0.25) is 0 Å². The first-order chi connectivity index (χ1) is 5.29. The first-order valence-corrected chi connectivity index (χ1v) is 3.28. The van der Waals surface area contributed by atoms with Gasteiger partial charge in [-0.05, 0) is 12.1 Å². The average molecular weight is 150 g/mol. The van der Waals surface area contributed by atoms with Gasteiger partial charge in [-0.3, -0.25) is 14.2 Å². The zero-order valence-corrected chi connectivity index (χ0v) is 5.70. The molecule has 1 aromatic heterocycles. The summed E-state index contributed by atoms with van der Waals surface area (Å²) in [5, 5.41) is 2.46. The fourth-order valence-electron chi connectivity index (χ4n) is 1.12. The molecule has 0 spiro atoms. The number of fused-ring (bicyclic) bond motifs is 1. The summed E-state index contributed by atoms with van der Waals surface area (Å²) in [6, 6.07) is 3.30. The highest BCUT2D eigenvalue weighted by Gasteiger charge is 2.20. The molecule has 1 amide bonds. The van der Waals surface area contributed by atoms with Crippen molar-refractivity contribution in [2.24, 2.45) is 0 Å². The molecule has 0 atom stereocenters. The summed E-state index contributed by atoms with van der Waals surface area (Å²) in [6.07, 6.45) is 1.59. The second-order valence-corrected chi connectivity index (χ2v) is 2.34. The molecule has 0 unspecified atom stereocenters. The Kier molecular flexibility index (Phi) is 1.09. The van der Waals surface area contributed by atoms with Gasteiger partial charge in [0.1, 0.15) is 5.69 Å². The molecule has 11 heavy (non-hydrogen) atoms. The predicted molar refractivity (Wildman–Crippen MR) is 37.4 cm³/mol. The van der Waals surface area contributed by atoms with Gasteiger partial charge in [0.15, 0.2) is 0 Å². The predicted octanol–water partition coefficient (Wildman–Crippen LogP) is -0.128. The van der Waals surface area contributed by atoms with E-state index in [4.69, 9.17) is 0 Å². The summed E-state index contributed by atoms with van der Waals surface area (Å²) in [6.45, 7) is 0.0977. The second-order valence-electron chi connectivity index (χ2n) is 2.34. The van der Waals surface area contributed by atoms with Crippen molar-refractivity contribution in [1.82, 2.24) is 9.88 Å². The number of amides is 1. The molecule has 2 rings (SSSR count). The summed E-state index contributed by atoms with van der Waals surface area (Å²) < 4.78 is 1.36. The summed E-state index contributed by atoms with van der Waals surface area (Å²) in [4.78, 5) is 22.0. The highest BCUT2D eigenvalue weighted by molar-refractivity contribution is 6.02. The Morgan fingerprint density at radius 2 is 2.27 bits per heavy atom. The lowest BCUT2D eigenvalue weighted by Crippen LogP contribution is -2.40. The lowest BCUT2D eigenvalue weighted by molar-refractivity contribution is 0.0809. The zero-order chi connectivity index (χ0) is 7.84. The number of nitrogens with zero attached hydrogens (tertiary/aromatic N) is 1. The van der Waals surface area contributed by atoms with E-state index in [1.807, 2.05) is 0 Å². The molecule has 0 aliphatic carbocycles. The first-order valence-electron chi connectivity index (χ1n) is 3.28. The molecule has 1 aromatic rings. The summed E-state index contributed by atoms with van der Waals surface area (Å²) in [5.41, 5.74) is 0.418. The quantitative estimate of drug-likeness (QED) is 0.560. The van der Waals surface area contributed by atoms with E-state index >= 15 is 0 Å². The van der Waals surface area contributed by atoms with E-state index in [-0.39, 0.29) is 18.4 Å². The Balaban J connectivity index is 2.59. The van der Waals surface area contributed by atoms with Crippen LogP contribution in [0.3, 0.4) is 0 Å². The van der Waals surface area contributed by atoms with Gasteiger partial charge in [0.25, 0.3) is 11.8 Å². The van der Waals surface area contributed by atoms with Crippen molar-refractivity contribution in [3.63, 3.8) is 0 Å². The molecule has 1 N–H and O–H groups in total. The van der Waals surface area contributed by atoms with E-state index < -0.39 is 0 Å².